The third-order valence-electron chi connectivity index (χ3n) is 3.04. The van der Waals surface area contributed by atoms with Gasteiger partial charge in [0.2, 0.25) is 0 Å². The number of esters is 1. The first kappa shape index (κ1) is 18.3. The van der Waals surface area contributed by atoms with Gasteiger partial charge in [0.1, 0.15) is 17.3 Å². The Balaban J connectivity index is 1.75. The van der Waals surface area contributed by atoms with Gasteiger partial charge in [0, 0.05) is 0 Å². The molecule has 0 fully saturated rings. The second kappa shape index (κ2) is 9.27. The van der Waals surface area contributed by atoms with Gasteiger partial charge in [-0.15, -0.1) is 0 Å². The molecule has 0 saturated carbocycles. The Hall–Kier alpha value is -3.09. The van der Waals surface area contributed by atoms with Crippen LogP contribution in [0, 0.1) is 6.92 Å². The van der Waals surface area contributed by atoms with Crippen LogP contribution < -0.4 is 10.2 Å². The van der Waals surface area contributed by atoms with E-state index in [4.69, 9.17) is 13.9 Å². The summed E-state index contributed by atoms with van der Waals surface area (Å²) in [6.45, 7) is 3.93. The zero-order valence-corrected chi connectivity index (χ0v) is 14.2. The first-order valence-electron chi connectivity index (χ1n) is 7.87. The SMILES string of the molecule is CCCOC(=O)c1ccc(OCC(=O)NN=Cc2ccc(C)o2)cc1. The number of carbonyl (C=O) groups is 2. The van der Waals surface area contributed by atoms with Gasteiger partial charge >= 0.3 is 5.97 Å². The van der Waals surface area contributed by atoms with Crippen molar-refractivity contribution < 1.29 is 23.5 Å². The molecule has 0 aliphatic carbocycles. The molecule has 0 radical (unpaired) electrons. The molecule has 0 spiro atoms. The lowest BCUT2D eigenvalue weighted by Gasteiger charge is -2.06. The highest BCUT2D eigenvalue weighted by atomic mass is 16.5. The van der Waals surface area contributed by atoms with Gasteiger partial charge in [-0.25, -0.2) is 10.2 Å². The largest absolute Gasteiger partial charge is 0.484 e. The summed E-state index contributed by atoms with van der Waals surface area (Å²) < 4.78 is 15.6. The van der Waals surface area contributed by atoms with Crippen molar-refractivity contribution in [3.05, 3.63) is 53.5 Å². The van der Waals surface area contributed by atoms with Crippen LogP contribution >= 0.6 is 0 Å². The third kappa shape index (κ3) is 6.14. The van der Waals surface area contributed by atoms with Gasteiger partial charge in [0.15, 0.2) is 6.61 Å². The average Bonchev–Trinajstić information content (AvgIpc) is 3.03. The van der Waals surface area contributed by atoms with Crippen LogP contribution in [0.1, 0.15) is 35.2 Å². The van der Waals surface area contributed by atoms with Gasteiger partial charge in [0.05, 0.1) is 18.4 Å². The second-order valence-corrected chi connectivity index (χ2v) is 5.19. The molecule has 25 heavy (non-hydrogen) atoms. The van der Waals surface area contributed by atoms with Gasteiger partial charge in [-0.05, 0) is 49.7 Å². The molecule has 7 nitrogen and oxygen atoms in total. The van der Waals surface area contributed by atoms with Crippen molar-refractivity contribution in [1.82, 2.24) is 5.43 Å². The van der Waals surface area contributed by atoms with Crippen LogP contribution in [0.15, 0.2) is 45.9 Å². The number of aryl methyl sites for hydroxylation is 1. The van der Waals surface area contributed by atoms with E-state index < -0.39 is 5.91 Å². The minimum atomic E-state index is -0.411. The molecule has 0 saturated heterocycles. The number of hydrogen-bond acceptors (Lipinski definition) is 6. The number of rotatable bonds is 8. The monoisotopic (exact) mass is 344 g/mol. The molecule has 0 atom stereocenters. The molecule has 1 N–H and O–H groups in total. The molecule has 1 aromatic carbocycles. The fourth-order valence-corrected chi connectivity index (χ4v) is 1.84. The van der Waals surface area contributed by atoms with Gasteiger partial charge < -0.3 is 13.9 Å². The number of hydrogen-bond donors (Lipinski definition) is 1. The van der Waals surface area contributed by atoms with Crippen molar-refractivity contribution in [2.24, 2.45) is 5.10 Å². The second-order valence-electron chi connectivity index (χ2n) is 5.19. The van der Waals surface area contributed by atoms with Crippen LogP contribution in [-0.4, -0.2) is 31.3 Å². The zero-order chi connectivity index (χ0) is 18.1. The van der Waals surface area contributed by atoms with E-state index in [-0.39, 0.29) is 12.6 Å². The number of carbonyl (C=O) groups excluding carboxylic acids is 2. The summed E-state index contributed by atoms with van der Waals surface area (Å²) >= 11 is 0. The zero-order valence-electron chi connectivity index (χ0n) is 14.2. The van der Waals surface area contributed by atoms with E-state index in [2.05, 4.69) is 10.5 Å². The number of furan rings is 1. The Morgan fingerprint density at radius 2 is 1.96 bits per heavy atom. The molecule has 1 amide bonds. The molecule has 132 valence electrons. The Bertz CT molecular complexity index is 734. The molecule has 0 bridgehead atoms. The summed E-state index contributed by atoms with van der Waals surface area (Å²) in [5, 5.41) is 3.77. The predicted octanol–water partition coefficient (Wildman–Crippen LogP) is 2.68. The molecule has 7 heteroatoms. The van der Waals surface area contributed by atoms with E-state index in [1.165, 1.54) is 6.21 Å². The third-order valence-corrected chi connectivity index (χ3v) is 3.04. The summed E-state index contributed by atoms with van der Waals surface area (Å²) in [6, 6.07) is 9.92. The van der Waals surface area contributed by atoms with E-state index in [0.717, 1.165) is 12.2 Å². The summed E-state index contributed by atoms with van der Waals surface area (Å²) in [7, 11) is 0. The van der Waals surface area contributed by atoms with Gasteiger partial charge in [-0.3, -0.25) is 4.79 Å². The maximum Gasteiger partial charge on any atom is 0.338 e. The summed E-state index contributed by atoms with van der Waals surface area (Å²) in [4.78, 5) is 23.3. The van der Waals surface area contributed by atoms with Crippen LogP contribution in [0.5, 0.6) is 5.75 Å². The Kier molecular flexibility index (Phi) is 6.76. The van der Waals surface area contributed by atoms with Crippen molar-refractivity contribution in [1.29, 1.82) is 0 Å². The molecule has 0 aliphatic heterocycles. The van der Waals surface area contributed by atoms with E-state index in [1.807, 2.05) is 13.8 Å². The lowest BCUT2D eigenvalue weighted by atomic mass is 10.2. The van der Waals surface area contributed by atoms with Crippen molar-refractivity contribution >= 4 is 18.1 Å². The number of hydrazone groups is 1. The van der Waals surface area contributed by atoms with Gasteiger partial charge in [-0.1, -0.05) is 6.92 Å². The van der Waals surface area contributed by atoms with Crippen LogP contribution in [0.2, 0.25) is 0 Å². The van der Waals surface area contributed by atoms with Crippen molar-refractivity contribution in [2.75, 3.05) is 13.2 Å². The van der Waals surface area contributed by atoms with Crippen LogP contribution in [0.3, 0.4) is 0 Å². The lowest BCUT2D eigenvalue weighted by Crippen LogP contribution is -2.24. The smallest absolute Gasteiger partial charge is 0.338 e. The number of nitrogens with zero attached hydrogens (tertiary/aromatic N) is 1. The molecule has 2 aromatic rings. The molecular formula is C18H20N2O5. The van der Waals surface area contributed by atoms with E-state index in [9.17, 15) is 9.59 Å². The summed E-state index contributed by atoms with van der Waals surface area (Å²) in [6.07, 6.45) is 2.17. The standard InChI is InChI=1S/C18H20N2O5/c1-3-10-23-18(22)14-5-8-15(9-6-14)24-12-17(21)20-19-11-16-7-4-13(2)25-16/h4-9,11H,3,10,12H2,1-2H3,(H,20,21). The van der Waals surface area contributed by atoms with E-state index >= 15 is 0 Å². The highest BCUT2D eigenvalue weighted by Gasteiger charge is 2.07. The number of benzene rings is 1. The average molecular weight is 344 g/mol. The van der Waals surface area contributed by atoms with Crippen LogP contribution in [-0.2, 0) is 9.53 Å². The van der Waals surface area contributed by atoms with Crippen LogP contribution in [0.25, 0.3) is 0 Å². The van der Waals surface area contributed by atoms with E-state index in [0.29, 0.717) is 23.7 Å². The van der Waals surface area contributed by atoms with Gasteiger partial charge in [0.25, 0.3) is 5.91 Å². The first-order valence-corrected chi connectivity index (χ1v) is 7.87. The predicted molar refractivity (Wildman–Crippen MR) is 91.7 cm³/mol. The molecule has 1 heterocycles. The molecule has 2 rings (SSSR count). The quantitative estimate of drug-likeness (QED) is 0.452. The van der Waals surface area contributed by atoms with Gasteiger partial charge in [-0.2, -0.15) is 5.10 Å². The van der Waals surface area contributed by atoms with Crippen molar-refractivity contribution in [3.8, 4) is 5.75 Å². The Labute approximate surface area is 145 Å². The fraction of sp³-hybridized carbons (Fsp3) is 0.278. The maximum absolute atomic E-state index is 11.7. The highest BCUT2D eigenvalue weighted by Crippen LogP contribution is 2.13. The first-order chi connectivity index (χ1) is 12.1. The van der Waals surface area contributed by atoms with Crippen molar-refractivity contribution in [2.45, 2.75) is 20.3 Å². The maximum atomic E-state index is 11.7. The Morgan fingerprint density at radius 1 is 1.20 bits per heavy atom. The minimum Gasteiger partial charge on any atom is -0.484 e. The Morgan fingerprint density at radius 3 is 2.60 bits per heavy atom. The van der Waals surface area contributed by atoms with Crippen molar-refractivity contribution in [3.63, 3.8) is 0 Å². The summed E-state index contributed by atoms with van der Waals surface area (Å²) in [5.41, 5.74) is 2.77. The molecule has 0 aliphatic rings. The lowest BCUT2D eigenvalue weighted by molar-refractivity contribution is -0.123. The normalized spacial score (nSPS) is 10.6. The van der Waals surface area contributed by atoms with Crippen LogP contribution in [0.4, 0.5) is 0 Å². The highest BCUT2D eigenvalue weighted by molar-refractivity contribution is 5.89. The number of ether oxygens (including phenoxy) is 2. The minimum absolute atomic E-state index is 0.200. The number of nitrogens with one attached hydrogen (secondary N) is 1. The fourth-order valence-electron chi connectivity index (χ4n) is 1.84. The molecule has 1 aromatic heterocycles. The summed E-state index contributed by atoms with van der Waals surface area (Å²) in [5.74, 6) is 0.981. The molecule has 0 unspecified atom stereocenters. The van der Waals surface area contributed by atoms with E-state index in [1.54, 1.807) is 36.4 Å². The topological polar surface area (TPSA) is 90.1 Å². The number of amides is 1. The molecular weight excluding hydrogens is 324 g/mol.